The fourth-order valence-electron chi connectivity index (χ4n) is 1.83. The highest BCUT2D eigenvalue weighted by Gasteiger charge is 2.23. The molecule has 2 nitrogen and oxygen atoms in total. The summed E-state index contributed by atoms with van der Waals surface area (Å²) < 4.78 is 5.04. The predicted octanol–water partition coefficient (Wildman–Crippen LogP) is 3.32. The molecular formula is C14H31NO. The Labute approximate surface area is 102 Å². The second-order valence-electron chi connectivity index (χ2n) is 6.23. The van der Waals surface area contributed by atoms with Crippen LogP contribution < -0.4 is 5.32 Å². The summed E-state index contributed by atoms with van der Waals surface area (Å²) in [6.07, 6.45) is 2.65. The molecule has 0 aromatic heterocycles. The first-order chi connectivity index (χ1) is 7.38. The first-order valence-electron chi connectivity index (χ1n) is 6.57. The second kappa shape index (κ2) is 8.08. The molecule has 0 radical (unpaired) electrons. The second-order valence-corrected chi connectivity index (χ2v) is 6.23. The van der Waals surface area contributed by atoms with Crippen LogP contribution in [0.5, 0.6) is 0 Å². The molecule has 0 heterocycles. The maximum absolute atomic E-state index is 5.04. The van der Waals surface area contributed by atoms with E-state index < -0.39 is 0 Å². The Bertz CT molecular complexity index is 161. The van der Waals surface area contributed by atoms with E-state index in [-0.39, 0.29) is 0 Å². The molecule has 0 bridgehead atoms. The fourth-order valence-corrected chi connectivity index (χ4v) is 1.83. The van der Waals surface area contributed by atoms with Crippen molar-refractivity contribution >= 4 is 0 Å². The van der Waals surface area contributed by atoms with Gasteiger partial charge in [0.2, 0.25) is 0 Å². The molecule has 0 saturated carbocycles. The van der Waals surface area contributed by atoms with Gasteiger partial charge < -0.3 is 10.1 Å². The minimum atomic E-state index is 0.398. The summed E-state index contributed by atoms with van der Waals surface area (Å²) in [6, 6.07) is 0. The minimum absolute atomic E-state index is 0.398. The van der Waals surface area contributed by atoms with Crippen LogP contribution in [0.4, 0.5) is 0 Å². The van der Waals surface area contributed by atoms with Crippen molar-refractivity contribution in [3.63, 3.8) is 0 Å². The van der Waals surface area contributed by atoms with E-state index in [0.717, 1.165) is 31.5 Å². The first kappa shape index (κ1) is 15.9. The molecule has 0 fully saturated rings. The van der Waals surface area contributed by atoms with Crippen molar-refractivity contribution in [2.24, 2.45) is 17.3 Å². The van der Waals surface area contributed by atoms with Gasteiger partial charge in [0.15, 0.2) is 0 Å². The SMILES string of the molecule is COCCNCC(CCC(C)C)C(C)(C)C. The van der Waals surface area contributed by atoms with E-state index in [9.17, 15) is 0 Å². The highest BCUT2D eigenvalue weighted by molar-refractivity contribution is 4.76. The van der Waals surface area contributed by atoms with Crippen LogP contribution >= 0.6 is 0 Å². The van der Waals surface area contributed by atoms with E-state index in [1.165, 1.54) is 12.8 Å². The van der Waals surface area contributed by atoms with E-state index in [2.05, 4.69) is 39.9 Å². The summed E-state index contributed by atoms with van der Waals surface area (Å²) in [5, 5.41) is 3.49. The van der Waals surface area contributed by atoms with Crippen LogP contribution in [-0.2, 0) is 4.74 Å². The van der Waals surface area contributed by atoms with Gasteiger partial charge in [0.25, 0.3) is 0 Å². The van der Waals surface area contributed by atoms with Gasteiger partial charge in [-0.05, 0) is 30.2 Å². The van der Waals surface area contributed by atoms with E-state index in [4.69, 9.17) is 4.74 Å². The number of hydrogen-bond donors (Lipinski definition) is 1. The van der Waals surface area contributed by atoms with Crippen molar-refractivity contribution in [1.82, 2.24) is 5.32 Å². The third-order valence-electron chi connectivity index (χ3n) is 3.19. The van der Waals surface area contributed by atoms with Gasteiger partial charge in [-0.25, -0.2) is 0 Å². The number of nitrogens with one attached hydrogen (secondary N) is 1. The Hall–Kier alpha value is -0.0800. The lowest BCUT2D eigenvalue weighted by Gasteiger charge is -2.31. The zero-order valence-corrected chi connectivity index (χ0v) is 12.1. The van der Waals surface area contributed by atoms with Crippen molar-refractivity contribution in [2.45, 2.75) is 47.5 Å². The molecule has 0 aromatic rings. The highest BCUT2D eigenvalue weighted by Crippen LogP contribution is 2.30. The van der Waals surface area contributed by atoms with Gasteiger partial charge in [-0.2, -0.15) is 0 Å². The summed E-state index contributed by atoms with van der Waals surface area (Å²) in [6.45, 7) is 14.5. The average molecular weight is 229 g/mol. The van der Waals surface area contributed by atoms with Gasteiger partial charge in [-0.1, -0.05) is 41.0 Å². The summed E-state index contributed by atoms with van der Waals surface area (Å²) in [7, 11) is 1.75. The monoisotopic (exact) mass is 229 g/mol. The van der Waals surface area contributed by atoms with Crippen LogP contribution in [-0.4, -0.2) is 26.8 Å². The van der Waals surface area contributed by atoms with Gasteiger partial charge in [-0.3, -0.25) is 0 Å². The Kier molecular flexibility index (Phi) is 8.04. The topological polar surface area (TPSA) is 21.3 Å². The third-order valence-corrected chi connectivity index (χ3v) is 3.19. The molecule has 2 heteroatoms. The van der Waals surface area contributed by atoms with Gasteiger partial charge in [0.05, 0.1) is 6.61 Å². The molecule has 0 saturated heterocycles. The quantitative estimate of drug-likeness (QED) is 0.645. The van der Waals surface area contributed by atoms with Crippen molar-refractivity contribution in [2.75, 3.05) is 26.8 Å². The van der Waals surface area contributed by atoms with Crippen molar-refractivity contribution in [1.29, 1.82) is 0 Å². The Morgan fingerprint density at radius 3 is 2.19 bits per heavy atom. The van der Waals surface area contributed by atoms with E-state index in [1.54, 1.807) is 7.11 Å². The lowest BCUT2D eigenvalue weighted by Crippen LogP contribution is -2.33. The standard InChI is InChI=1S/C14H31NO/c1-12(2)7-8-13(14(3,4)5)11-15-9-10-16-6/h12-13,15H,7-11H2,1-6H3. The maximum atomic E-state index is 5.04. The van der Waals surface area contributed by atoms with Crippen LogP contribution in [0.1, 0.15) is 47.5 Å². The van der Waals surface area contributed by atoms with Crippen LogP contribution in [0.2, 0.25) is 0 Å². The van der Waals surface area contributed by atoms with E-state index >= 15 is 0 Å². The molecule has 1 N–H and O–H groups in total. The number of ether oxygens (including phenoxy) is 1. The maximum Gasteiger partial charge on any atom is 0.0587 e. The third kappa shape index (κ3) is 8.12. The van der Waals surface area contributed by atoms with Gasteiger partial charge in [0, 0.05) is 13.7 Å². The summed E-state index contributed by atoms with van der Waals surface area (Å²) in [5.41, 5.74) is 0.398. The molecular weight excluding hydrogens is 198 g/mol. The average Bonchev–Trinajstić information content (AvgIpc) is 2.14. The zero-order chi connectivity index (χ0) is 12.6. The molecule has 1 atom stereocenters. The Balaban J connectivity index is 3.92. The molecule has 0 spiro atoms. The molecule has 0 aliphatic carbocycles. The molecule has 0 aliphatic heterocycles. The lowest BCUT2D eigenvalue weighted by atomic mass is 9.77. The first-order valence-corrected chi connectivity index (χ1v) is 6.57. The highest BCUT2D eigenvalue weighted by atomic mass is 16.5. The molecule has 0 aromatic carbocycles. The van der Waals surface area contributed by atoms with Crippen molar-refractivity contribution in [3.05, 3.63) is 0 Å². The summed E-state index contributed by atoms with van der Waals surface area (Å²) in [5.74, 6) is 1.57. The zero-order valence-electron chi connectivity index (χ0n) is 12.1. The number of hydrogen-bond acceptors (Lipinski definition) is 2. The van der Waals surface area contributed by atoms with E-state index in [0.29, 0.717) is 5.41 Å². The molecule has 0 aliphatic rings. The van der Waals surface area contributed by atoms with Crippen molar-refractivity contribution < 1.29 is 4.74 Å². The molecule has 0 amide bonds. The molecule has 0 rings (SSSR count). The predicted molar refractivity (Wildman–Crippen MR) is 71.8 cm³/mol. The Morgan fingerprint density at radius 2 is 1.75 bits per heavy atom. The largest absolute Gasteiger partial charge is 0.383 e. The summed E-state index contributed by atoms with van der Waals surface area (Å²) >= 11 is 0. The van der Waals surface area contributed by atoms with Crippen molar-refractivity contribution in [3.8, 4) is 0 Å². The summed E-state index contributed by atoms with van der Waals surface area (Å²) in [4.78, 5) is 0. The smallest absolute Gasteiger partial charge is 0.0587 e. The van der Waals surface area contributed by atoms with Crippen LogP contribution in [0.15, 0.2) is 0 Å². The van der Waals surface area contributed by atoms with Gasteiger partial charge >= 0.3 is 0 Å². The lowest BCUT2D eigenvalue weighted by molar-refractivity contribution is 0.179. The fraction of sp³-hybridized carbons (Fsp3) is 1.00. The number of rotatable bonds is 8. The molecule has 16 heavy (non-hydrogen) atoms. The Morgan fingerprint density at radius 1 is 1.12 bits per heavy atom. The molecule has 98 valence electrons. The normalized spacial score (nSPS) is 14.4. The van der Waals surface area contributed by atoms with Gasteiger partial charge in [-0.15, -0.1) is 0 Å². The van der Waals surface area contributed by atoms with Gasteiger partial charge in [0.1, 0.15) is 0 Å². The van der Waals surface area contributed by atoms with E-state index in [1.807, 2.05) is 0 Å². The van der Waals surface area contributed by atoms with Crippen LogP contribution in [0.3, 0.4) is 0 Å². The minimum Gasteiger partial charge on any atom is -0.383 e. The molecule has 1 unspecified atom stereocenters. The number of methoxy groups -OCH3 is 1. The van der Waals surface area contributed by atoms with Crippen LogP contribution in [0.25, 0.3) is 0 Å². The van der Waals surface area contributed by atoms with Crippen LogP contribution in [0, 0.1) is 17.3 Å².